The Morgan fingerprint density at radius 1 is 1.89 bits per heavy atom. The number of hydrogen-bond donors (Lipinski definition) is 0. The van der Waals surface area contributed by atoms with Gasteiger partial charge < -0.3 is 4.74 Å². The molecule has 0 heterocycles. The average molecular weight is 145 g/mol. The summed E-state index contributed by atoms with van der Waals surface area (Å²) in [7, 11) is 1.33. The standard InChI is InChI=1S/C5H7NO2S/c1-8-5(7)4-9-3-2-6/h3-4H2,1H3. The number of thioether (sulfide) groups is 1. The van der Waals surface area contributed by atoms with E-state index in [1.807, 2.05) is 6.07 Å². The average Bonchev–Trinajstić information content (AvgIpc) is 1.89. The van der Waals surface area contributed by atoms with Crippen LogP contribution in [0, 0.1) is 11.3 Å². The van der Waals surface area contributed by atoms with E-state index in [0.717, 1.165) is 0 Å². The molecule has 0 saturated carbocycles. The highest BCUT2D eigenvalue weighted by Crippen LogP contribution is 1.97. The zero-order valence-corrected chi connectivity index (χ0v) is 5.90. The van der Waals surface area contributed by atoms with Crippen LogP contribution in [-0.4, -0.2) is 24.6 Å². The molecule has 9 heavy (non-hydrogen) atoms. The maximum atomic E-state index is 10.3. The number of nitrogens with zero attached hydrogens (tertiary/aromatic N) is 1. The highest BCUT2D eigenvalue weighted by Gasteiger charge is 1.97. The number of rotatable bonds is 3. The van der Waals surface area contributed by atoms with Crippen molar-refractivity contribution in [1.29, 1.82) is 5.26 Å². The zero-order chi connectivity index (χ0) is 7.11. The maximum Gasteiger partial charge on any atom is 0.315 e. The first-order valence-electron chi connectivity index (χ1n) is 2.32. The van der Waals surface area contributed by atoms with Crippen molar-refractivity contribution in [1.82, 2.24) is 0 Å². The molecule has 0 aromatic rings. The van der Waals surface area contributed by atoms with Crippen LogP contribution in [0.1, 0.15) is 0 Å². The molecule has 0 N–H and O–H groups in total. The Kier molecular flexibility index (Phi) is 5.03. The van der Waals surface area contributed by atoms with Gasteiger partial charge in [-0.3, -0.25) is 4.79 Å². The largest absolute Gasteiger partial charge is 0.468 e. The molecule has 50 valence electrons. The number of carbonyl (C=O) groups excluding carboxylic acids is 1. The second-order valence-corrected chi connectivity index (χ2v) is 2.21. The molecule has 0 bridgehead atoms. The summed E-state index contributed by atoms with van der Waals surface area (Å²) in [6, 6.07) is 1.90. The quantitative estimate of drug-likeness (QED) is 0.426. The minimum Gasteiger partial charge on any atom is -0.468 e. The molecule has 0 aliphatic carbocycles. The normalized spacial score (nSPS) is 8.00. The van der Waals surface area contributed by atoms with Crippen molar-refractivity contribution in [2.45, 2.75) is 0 Å². The molecule has 0 rings (SSSR count). The SMILES string of the molecule is COC(=O)CSCC#N. The topological polar surface area (TPSA) is 50.1 Å². The van der Waals surface area contributed by atoms with Gasteiger partial charge >= 0.3 is 5.97 Å². The van der Waals surface area contributed by atoms with E-state index in [-0.39, 0.29) is 11.7 Å². The third kappa shape index (κ3) is 5.18. The highest BCUT2D eigenvalue weighted by molar-refractivity contribution is 8.00. The van der Waals surface area contributed by atoms with Crippen molar-refractivity contribution in [3.63, 3.8) is 0 Å². The fourth-order valence-corrected chi connectivity index (χ4v) is 0.717. The van der Waals surface area contributed by atoms with E-state index in [9.17, 15) is 4.79 Å². The first-order chi connectivity index (χ1) is 4.31. The van der Waals surface area contributed by atoms with Gasteiger partial charge in [0.1, 0.15) is 0 Å². The fourth-order valence-electron chi connectivity index (χ4n) is 0.239. The van der Waals surface area contributed by atoms with Gasteiger partial charge in [-0.15, -0.1) is 11.8 Å². The second kappa shape index (κ2) is 5.45. The van der Waals surface area contributed by atoms with Crippen LogP contribution in [0.15, 0.2) is 0 Å². The minimum atomic E-state index is -0.282. The summed E-state index contributed by atoms with van der Waals surface area (Å²) in [6.07, 6.45) is 0. The number of ether oxygens (including phenoxy) is 1. The lowest BCUT2D eigenvalue weighted by atomic mass is 10.8. The lowest BCUT2D eigenvalue weighted by molar-refractivity contribution is -0.137. The van der Waals surface area contributed by atoms with Crippen molar-refractivity contribution >= 4 is 17.7 Å². The molecule has 0 aliphatic rings. The molecule has 0 aromatic heterocycles. The summed E-state index contributed by atoms with van der Waals surface area (Å²) in [5, 5.41) is 8.03. The Morgan fingerprint density at radius 3 is 3.00 bits per heavy atom. The summed E-state index contributed by atoms with van der Waals surface area (Å²) < 4.78 is 4.33. The molecule has 0 fully saturated rings. The van der Waals surface area contributed by atoms with Crippen LogP contribution in [0.5, 0.6) is 0 Å². The summed E-state index contributed by atoms with van der Waals surface area (Å²) in [5.41, 5.74) is 0. The summed E-state index contributed by atoms with van der Waals surface area (Å²) in [4.78, 5) is 10.3. The monoisotopic (exact) mass is 145 g/mol. The summed E-state index contributed by atoms with van der Waals surface area (Å²) >= 11 is 1.25. The molecule has 0 radical (unpaired) electrons. The van der Waals surface area contributed by atoms with Crippen LogP contribution in [-0.2, 0) is 9.53 Å². The van der Waals surface area contributed by atoms with Crippen molar-refractivity contribution in [3.05, 3.63) is 0 Å². The van der Waals surface area contributed by atoms with Crippen LogP contribution >= 0.6 is 11.8 Å². The van der Waals surface area contributed by atoms with Crippen LogP contribution in [0.4, 0.5) is 0 Å². The number of nitriles is 1. The number of carbonyl (C=O) groups is 1. The first-order valence-corrected chi connectivity index (χ1v) is 3.48. The van der Waals surface area contributed by atoms with Crippen LogP contribution in [0.2, 0.25) is 0 Å². The summed E-state index contributed by atoms with van der Waals surface area (Å²) in [5.74, 6) is 0.328. The Bertz CT molecular complexity index is 129. The fraction of sp³-hybridized carbons (Fsp3) is 0.600. The molecular formula is C5H7NO2S. The van der Waals surface area contributed by atoms with E-state index in [4.69, 9.17) is 5.26 Å². The Balaban J connectivity index is 3.09. The van der Waals surface area contributed by atoms with Gasteiger partial charge in [-0.05, 0) is 0 Å². The van der Waals surface area contributed by atoms with Crippen molar-refractivity contribution < 1.29 is 9.53 Å². The minimum absolute atomic E-state index is 0.268. The summed E-state index contributed by atoms with van der Waals surface area (Å²) in [6.45, 7) is 0. The van der Waals surface area contributed by atoms with Gasteiger partial charge in [-0.25, -0.2) is 0 Å². The molecular weight excluding hydrogens is 138 g/mol. The molecule has 0 aliphatic heterocycles. The molecule has 0 atom stereocenters. The molecule has 0 saturated heterocycles. The lowest BCUT2D eigenvalue weighted by Crippen LogP contribution is -2.03. The number of esters is 1. The van der Waals surface area contributed by atoms with Crippen molar-refractivity contribution in [2.24, 2.45) is 0 Å². The third-order valence-electron chi connectivity index (χ3n) is 0.614. The highest BCUT2D eigenvalue weighted by atomic mass is 32.2. The van der Waals surface area contributed by atoms with E-state index in [1.165, 1.54) is 18.9 Å². The van der Waals surface area contributed by atoms with E-state index >= 15 is 0 Å². The molecule has 0 amide bonds. The zero-order valence-electron chi connectivity index (χ0n) is 5.09. The van der Waals surface area contributed by atoms with Gasteiger partial charge in [0.15, 0.2) is 0 Å². The van der Waals surface area contributed by atoms with Gasteiger partial charge in [0, 0.05) is 0 Å². The number of methoxy groups -OCH3 is 1. The molecule has 3 nitrogen and oxygen atoms in total. The lowest BCUT2D eigenvalue weighted by Gasteiger charge is -1.92. The van der Waals surface area contributed by atoms with Gasteiger partial charge in [0.25, 0.3) is 0 Å². The van der Waals surface area contributed by atoms with Gasteiger partial charge in [0.05, 0.1) is 24.7 Å². The van der Waals surface area contributed by atoms with Gasteiger partial charge in [0.2, 0.25) is 0 Å². The van der Waals surface area contributed by atoms with Crippen molar-refractivity contribution in [3.8, 4) is 6.07 Å². The van der Waals surface area contributed by atoms with Crippen molar-refractivity contribution in [2.75, 3.05) is 18.6 Å². The molecule has 4 heteroatoms. The Hall–Kier alpha value is -0.690. The second-order valence-electron chi connectivity index (χ2n) is 1.23. The smallest absolute Gasteiger partial charge is 0.315 e. The van der Waals surface area contributed by atoms with Gasteiger partial charge in [-0.2, -0.15) is 5.26 Å². The van der Waals surface area contributed by atoms with Crippen LogP contribution in [0.25, 0.3) is 0 Å². The molecule has 0 spiro atoms. The predicted molar refractivity (Wildman–Crippen MR) is 35.0 cm³/mol. The maximum absolute atomic E-state index is 10.3. The van der Waals surface area contributed by atoms with E-state index < -0.39 is 0 Å². The van der Waals surface area contributed by atoms with E-state index in [1.54, 1.807) is 0 Å². The number of hydrogen-bond acceptors (Lipinski definition) is 4. The van der Waals surface area contributed by atoms with E-state index in [2.05, 4.69) is 4.74 Å². The first kappa shape index (κ1) is 8.31. The van der Waals surface area contributed by atoms with Crippen LogP contribution in [0.3, 0.4) is 0 Å². The Labute approximate surface area is 58.0 Å². The molecule has 0 unspecified atom stereocenters. The Morgan fingerprint density at radius 2 is 2.56 bits per heavy atom. The van der Waals surface area contributed by atoms with Crippen LogP contribution < -0.4 is 0 Å². The van der Waals surface area contributed by atoms with E-state index in [0.29, 0.717) is 5.75 Å². The van der Waals surface area contributed by atoms with Gasteiger partial charge in [-0.1, -0.05) is 0 Å². The predicted octanol–water partition coefficient (Wildman–Crippen LogP) is 0.416. The third-order valence-corrected chi connectivity index (χ3v) is 1.39. The molecule has 0 aromatic carbocycles.